The topological polar surface area (TPSA) is 95.5 Å². The molecular formula is C13H22N2O4. The van der Waals surface area contributed by atoms with Gasteiger partial charge in [-0.05, 0) is 25.2 Å². The number of amides is 2. The molecule has 6 heteroatoms. The van der Waals surface area contributed by atoms with Crippen molar-refractivity contribution in [3.05, 3.63) is 0 Å². The molecule has 108 valence electrons. The molecule has 1 saturated heterocycles. The summed E-state index contributed by atoms with van der Waals surface area (Å²) in [5.74, 6) is -1.76. The summed E-state index contributed by atoms with van der Waals surface area (Å²) in [5.41, 5.74) is 0. The van der Waals surface area contributed by atoms with Crippen LogP contribution in [0.2, 0.25) is 0 Å². The van der Waals surface area contributed by atoms with Crippen molar-refractivity contribution in [1.82, 2.24) is 10.6 Å². The van der Waals surface area contributed by atoms with Gasteiger partial charge in [-0.1, -0.05) is 20.8 Å². The van der Waals surface area contributed by atoms with Gasteiger partial charge < -0.3 is 15.7 Å². The molecule has 0 saturated carbocycles. The molecule has 1 aliphatic heterocycles. The Morgan fingerprint density at radius 3 is 2.00 bits per heavy atom. The summed E-state index contributed by atoms with van der Waals surface area (Å²) in [5, 5.41) is 14.3. The highest BCUT2D eigenvalue weighted by atomic mass is 16.4. The fourth-order valence-corrected chi connectivity index (χ4v) is 2.21. The van der Waals surface area contributed by atoms with Crippen molar-refractivity contribution in [2.24, 2.45) is 11.8 Å². The summed E-state index contributed by atoms with van der Waals surface area (Å²) >= 11 is 0. The zero-order valence-electron chi connectivity index (χ0n) is 11.6. The third-order valence-corrected chi connectivity index (χ3v) is 3.34. The normalized spacial score (nSPS) is 24.8. The van der Waals surface area contributed by atoms with Crippen molar-refractivity contribution >= 4 is 17.8 Å². The van der Waals surface area contributed by atoms with Gasteiger partial charge in [0.05, 0.1) is 5.92 Å². The molecular weight excluding hydrogens is 248 g/mol. The van der Waals surface area contributed by atoms with Crippen molar-refractivity contribution in [3.63, 3.8) is 0 Å². The number of hydrogen-bond donors (Lipinski definition) is 3. The molecule has 0 aromatic carbocycles. The lowest BCUT2D eigenvalue weighted by Crippen LogP contribution is -2.62. The van der Waals surface area contributed by atoms with Crippen molar-refractivity contribution in [3.8, 4) is 0 Å². The van der Waals surface area contributed by atoms with Crippen LogP contribution in [0, 0.1) is 11.8 Å². The van der Waals surface area contributed by atoms with E-state index in [1.54, 1.807) is 6.92 Å². The average molecular weight is 270 g/mol. The molecule has 0 spiro atoms. The lowest BCUT2D eigenvalue weighted by molar-refractivity contribution is -0.144. The monoisotopic (exact) mass is 270 g/mol. The molecule has 1 rings (SSSR count). The van der Waals surface area contributed by atoms with E-state index < -0.39 is 24.0 Å². The molecule has 1 heterocycles. The number of carbonyl (C=O) groups is 3. The lowest BCUT2D eigenvalue weighted by Gasteiger charge is -2.31. The molecule has 0 bridgehead atoms. The summed E-state index contributed by atoms with van der Waals surface area (Å²) in [6.07, 6.45) is 1.16. The van der Waals surface area contributed by atoms with Gasteiger partial charge in [-0.15, -0.1) is 0 Å². The van der Waals surface area contributed by atoms with Gasteiger partial charge in [-0.25, -0.2) is 0 Å². The Bertz CT molecular complexity index is 368. The van der Waals surface area contributed by atoms with Gasteiger partial charge in [0.25, 0.3) is 0 Å². The second-order valence-electron chi connectivity index (χ2n) is 5.43. The molecule has 2 amide bonds. The van der Waals surface area contributed by atoms with Crippen LogP contribution in [0.4, 0.5) is 0 Å². The number of nitrogens with one attached hydrogen (secondary N) is 2. The van der Waals surface area contributed by atoms with E-state index in [4.69, 9.17) is 5.11 Å². The van der Waals surface area contributed by atoms with Crippen LogP contribution in [0.1, 0.15) is 40.0 Å². The Hall–Kier alpha value is -1.59. The Morgan fingerprint density at radius 2 is 1.63 bits per heavy atom. The average Bonchev–Trinajstić information content (AvgIpc) is 2.30. The van der Waals surface area contributed by atoms with Gasteiger partial charge >= 0.3 is 5.97 Å². The first kappa shape index (κ1) is 15.5. The second-order valence-corrected chi connectivity index (χ2v) is 5.43. The van der Waals surface area contributed by atoms with Gasteiger partial charge in [0.1, 0.15) is 12.1 Å². The molecule has 6 nitrogen and oxygen atoms in total. The van der Waals surface area contributed by atoms with Crippen molar-refractivity contribution in [1.29, 1.82) is 0 Å². The van der Waals surface area contributed by atoms with Crippen LogP contribution in [0.15, 0.2) is 0 Å². The molecule has 0 aromatic rings. The Labute approximate surface area is 112 Å². The van der Waals surface area contributed by atoms with Crippen LogP contribution in [0.5, 0.6) is 0 Å². The van der Waals surface area contributed by atoms with Gasteiger partial charge in [0, 0.05) is 0 Å². The van der Waals surface area contributed by atoms with Crippen LogP contribution in [-0.2, 0) is 14.4 Å². The van der Waals surface area contributed by atoms with Crippen LogP contribution < -0.4 is 10.6 Å². The molecule has 3 N–H and O–H groups in total. The van der Waals surface area contributed by atoms with E-state index in [0.29, 0.717) is 18.8 Å². The maximum Gasteiger partial charge on any atom is 0.306 e. The van der Waals surface area contributed by atoms with E-state index in [1.165, 1.54) is 0 Å². The van der Waals surface area contributed by atoms with Gasteiger partial charge in [-0.2, -0.15) is 0 Å². The number of piperazine rings is 1. The van der Waals surface area contributed by atoms with E-state index in [-0.39, 0.29) is 18.2 Å². The van der Waals surface area contributed by atoms with Gasteiger partial charge in [-0.3, -0.25) is 14.4 Å². The first-order chi connectivity index (χ1) is 8.85. The fourth-order valence-electron chi connectivity index (χ4n) is 2.21. The highest BCUT2D eigenvalue weighted by Crippen LogP contribution is 2.15. The quantitative estimate of drug-likeness (QED) is 0.655. The Balaban J connectivity index is 2.63. The highest BCUT2D eigenvalue weighted by molar-refractivity contribution is 5.97. The number of aliphatic carboxylic acids is 1. The predicted octanol–water partition coefficient (Wildman–Crippen LogP) is 0.517. The highest BCUT2D eigenvalue weighted by Gasteiger charge is 2.35. The lowest BCUT2D eigenvalue weighted by atomic mass is 9.93. The molecule has 1 unspecified atom stereocenters. The number of hydrogen-bond acceptors (Lipinski definition) is 3. The number of rotatable bonds is 6. The van der Waals surface area contributed by atoms with E-state index in [1.807, 2.05) is 13.8 Å². The van der Waals surface area contributed by atoms with E-state index in [9.17, 15) is 14.4 Å². The maximum absolute atomic E-state index is 11.9. The number of carboxylic acids is 1. The summed E-state index contributed by atoms with van der Waals surface area (Å²) in [6.45, 7) is 5.70. The third kappa shape index (κ3) is 4.22. The van der Waals surface area contributed by atoms with Crippen LogP contribution in [0.25, 0.3) is 0 Å². The molecule has 3 atom stereocenters. The summed E-state index contributed by atoms with van der Waals surface area (Å²) in [6, 6.07) is -1.24. The minimum absolute atomic E-state index is 0.137. The van der Waals surface area contributed by atoms with Crippen molar-refractivity contribution in [2.45, 2.75) is 52.1 Å². The SMILES string of the molecule is CCC(C[C@@H]1NC(=O)[C@H](CC(C)C)NC1=O)C(=O)O. The zero-order chi connectivity index (χ0) is 14.6. The molecule has 0 aliphatic carbocycles. The first-order valence-corrected chi connectivity index (χ1v) is 6.68. The standard InChI is InChI=1S/C13H22N2O4/c1-4-8(13(18)19)6-10-12(17)14-9(5-7(2)3)11(16)15-10/h7-10H,4-6H2,1-3H3,(H,14,17)(H,15,16)(H,18,19)/t8?,9-,10-/m0/s1. The number of carboxylic acid groups (broad SMARTS) is 1. The minimum Gasteiger partial charge on any atom is -0.481 e. The zero-order valence-corrected chi connectivity index (χ0v) is 11.6. The minimum atomic E-state index is -0.936. The third-order valence-electron chi connectivity index (χ3n) is 3.34. The van der Waals surface area contributed by atoms with Gasteiger partial charge in [0.2, 0.25) is 11.8 Å². The summed E-state index contributed by atoms with van der Waals surface area (Å²) in [7, 11) is 0. The van der Waals surface area contributed by atoms with Gasteiger partial charge in [0.15, 0.2) is 0 Å². The fraction of sp³-hybridized carbons (Fsp3) is 0.769. The van der Waals surface area contributed by atoms with E-state index in [2.05, 4.69) is 10.6 Å². The Morgan fingerprint density at radius 1 is 1.16 bits per heavy atom. The smallest absolute Gasteiger partial charge is 0.306 e. The summed E-state index contributed by atoms with van der Waals surface area (Å²) < 4.78 is 0. The molecule has 0 aromatic heterocycles. The van der Waals surface area contributed by atoms with Crippen LogP contribution in [0.3, 0.4) is 0 Å². The molecule has 1 aliphatic rings. The molecule has 0 radical (unpaired) electrons. The first-order valence-electron chi connectivity index (χ1n) is 6.68. The van der Waals surface area contributed by atoms with Crippen LogP contribution >= 0.6 is 0 Å². The summed E-state index contributed by atoms with van der Waals surface area (Å²) in [4.78, 5) is 34.7. The molecule has 1 fully saturated rings. The van der Waals surface area contributed by atoms with Crippen molar-refractivity contribution in [2.75, 3.05) is 0 Å². The van der Waals surface area contributed by atoms with Crippen LogP contribution in [-0.4, -0.2) is 35.0 Å². The maximum atomic E-state index is 11.9. The van der Waals surface area contributed by atoms with E-state index in [0.717, 1.165) is 0 Å². The van der Waals surface area contributed by atoms with E-state index >= 15 is 0 Å². The number of carbonyl (C=O) groups excluding carboxylic acids is 2. The van der Waals surface area contributed by atoms with Crippen molar-refractivity contribution < 1.29 is 19.5 Å². The Kier molecular flexibility index (Phi) is 5.32. The molecule has 19 heavy (non-hydrogen) atoms. The second kappa shape index (κ2) is 6.54. The predicted molar refractivity (Wildman–Crippen MR) is 69.4 cm³/mol. The largest absolute Gasteiger partial charge is 0.481 e.